The monoisotopic (exact) mass is 705 g/mol. The minimum absolute atomic E-state index is 0.00305. The summed E-state index contributed by atoms with van der Waals surface area (Å²) in [7, 11) is -1.00. The highest BCUT2D eigenvalue weighted by atomic mass is 19.2. The molecule has 0 fully saturated rings. The molecular weight excluding hydrogens is 663 g/mol. The third kappa shape index (κ3) is 20.6. The van der Waals surface area contributed by atoms with Gasteiger partial charge in [-0.2, -0.15) is 8.78 Å². The standard InChI is InChI=1S/C19H19F4NO7.C9H19NO5.CH3F/c20-12-11-13(21)18(23)19(17(12)22)31-16(27)3-5-28-7-9-30-10-8-29-6-4-24-14(25)1-2-15(24)26;10-2-4-14-6-8-15-7-5-13-3-1-9(11)12;1-2/h1-2,11H,3-10H2;1-8,10H2,(H,11,12);1H3/i;;1D. The van der Waals surface area contributed by atoms with E-state index in [0.717, 1.165) is 4.90 Å². The van der Waals surface area contributed by atoms with Crippen LogP contribution in [0.1, 0.15) is 14.2 Å². The van der Waals surface area contributed by atoms with E-state index in [9.17, 15) is 41.1 Å². The fourth-order valence-electron chi connectivity index (χ4n) is 3.10. The molecule has 1 heterocycles. The first-order chi connectivity index (χ1) is 23.5. The van der Waals surface area contributed by atoms with Crippen molar-refractivity contribution in [3.8, 4) is 5.75 Å². The Balaban J connectivity index is 0.00000107. The predicted octanol–water partition coefficient (Wildman–Crippen LogP) is 1.57. The molecule has 0 aromatic heterocycles. The van der Waals surface area contributed by atoms with E-state index in [1.165, 1.54) is 12.2 Å². The van der Waals surface area contributed by atoms with Crippen LogP contribution in [0, 0.1) is 23.3 Å². The van der Waals surface area contributed by atoms with Crippen LogP contribution in [0.3, 0.4) is 0 Å². The Morgan fingerprint density at radius 2 is 1.12 bits per heavy atom. The first-order valence-corrected chi connectivity index (χ1v) is 14.3. The second-order valence-corrected chi connectivity index (χ2v) is 8.79. The molecule has 1 aromatic rings. The number of esters is 1. The lowest BCUT2D eigenvalue weighted by atomic mass is 10.3. The molecule has 0 spiro atoms. The number of ether oxygens (including phenoxy) is 7. The van der Waals surface area contributed by atoms with E-state index < -0.39 is 54.5 Å². The summed E-state index contributed by atoms with van der Waals surface area (Å²) in [4.78, 5) is 45.3. The fraction of sp³-hybridized carbons (Fsp3) is 0.586. The van der Waals surface area contributed by atoms with Gasteiger partial charge in [0.1, 0.15) is 0 Å². The van der Waals surface area contributed by atoms with E-state index in [4.69, 9.17) is 40.6 Å². The number of carbonyl (C=O) groups is 4. The number of rotatable bonds is 24. The van der Waals surface area contributed by atoms with Gasteiger partial charge < -0.3 is 44.0 Å². The van der Waals surface area contributed by atoms with Crippen LogP contribution in [-0.4, -0.2) is 133 Å². The lowest BCUT2D eigenvalue weighted by molar-refractivity contribution is -0.139. The average Bonchev–Trinajstić information content (AvgIpc) is 3.38. The van der Waals surface area contributed by atoms with Gasteiger partial charge in [-0.05, 0) is 0 Å². The molecule has 0 saturated carbocycles. The number of amides is 2. The van der Waals surface area contributed by atoms with E-state index in [2.05, 4.69) is 4.74 Å². The summed E-state index contributed by atoms with van der Waals surface area (Å²) in [5.41, 5.74) is 5.21. The van der Waals surface area contributed by atoms with Crippen LogP contribution in [0.5, 0.6) is 5.75 Å². The number of aliphatic carboxylic acids is 1. The Bertz CT molecular complexity index is 1110. The normalized spacial score (nSPS) is 12.3. The molecule has 1 aliphatic heterocycles. The Labute approximate surface area is 275 Å². The highest BCUT2D eigenvalue weighted by molar-refractivity contribution is 6.12. The summed E-state index contributed by atoms with van der Waals surface area (Å²) >= 11 is 0. The van der Waals surface area contributed by atoms with Crippen LogP contribution < -0.4 is 10.5 Å². The van der Waals surface area contributed by atoms with E-state index >= 15 is 0 Å². The molecular formula is C29H41F5N2O12. The molecule has 48 heavy (non-hydrogen) atoms. The SMILES string of the molecule is NCCOCCOCCOCCC(=O)O.O=C(CCOCCOCCOCCN1C(=O)C=CC1=O)Oc1c(F)c(F)cc(F)c1F.[2H]CF. The number of carbonyl (C=O) groups excluding carboxylic acids is 3. The van der Waals surface area contributed by atoms with Gasteiger partial charge in [-0.1, -0.05) is 0 Å². The third-order valence-electron chi connectivity index (χ3n) is 5.31. The summed E-state index contributed by atoms with van der Waals surface area (Å²) in [5, 5.41) is 8.30. The van der Waals surface area contributed by atoms with Gasteiger partial charge in [0.15, 0.2) is 11.6 Å². The van der Waals surface area contributed by atoms with Crippen molar-refractivity contribution in [2.45, 2.75) is 12.8 Å². The van der Waals surface area contributed by atoms with E-state index in [-0.39, 0.29) is 77.1 Å². The lowest BCUT2D eigenvalue weighted by Crippen LogP contribution is -2.33. The minimum atomic E-state index is -1.81. The Hall–Kier alpha value is -3.59. The van der Waals surface area contributed by atoms with Gasteiger partial charge >= 0.3 is 11.9 Å². The van der Waals surface area contributed by atoms with Crippen molar-refractivity contribution in [1.29, 1.82) is 0 Å². The molecule has 1 aliphatic rings. The summed E-state index contributed by atoms with van der Waals surface area (Å²) in [6.07, 6.45) is 1.98. The van der Waals surface area contributed by atoms with Crippen molar-refractivity contribution in [3.63, 3.8) is 0 Å². The number of hydrogen-bond acceptors (Lipinski definition) is 12. The van der Waals surface area contributed by atoms with Crippen molar-refractivity contribution in [1.82, 2.24) is 4.90 Å². The second-order valence-electron chi connectivity index (χ2n) is 8.79. The highest BCUT2D eigenvalue weighted by Gasteiger charge is 2.23. The van der Waals surface area contributed by atoms with Crippen molar-refractivity contribution >= 4 is 23.8 Å². The zero-order chi connectivity index (χ0) is 36.9. The minimum Gasteiger partial charge on any atom is -0.481 e. The molecule has 19 heteroatoms. The molecule has 0 radical (unpaired) electrons. The Morgan fingerprint density at radius 3 is 1.56 bits per heavy atom. The topological polar surface area (TPSA) is 182 Å². The number of benzene rings is 1. The van der Waals surface area contributed by atoms with Crippen LogP contribution in [0.25, 0.3) is 0 Å². The van der Waals surface area contributed by atoms with E-state index in [0.29, 0.717) is 39.6 Å². The summed E-state index contributed by atoms with van der Waals surface area (Å²) in [6, 6.07) is 0.00305. The first kappa shape index (κ1) is 42.4. The molecule has 2 amide bonds. The molecule has 1 aromatic carbocycles. The van der Waals surface area contributed by atoms with Gasteiger partial charge in [0.05, 0.1) is 107 Å². The highest BCUT2D eigenvalue weighted by Crippen LogP contribution is 2.26. The maximum absolute atomic E-state index is 13.4. The van der Waals surface area contributed by atoms with E-state index in [1.54, 1.807) is 0 Å². The molecule has 14 nitrogen and oxygen atoms in total. The summed E-state index contributed by atoms with van der Waals surface area (Å²) in [5.74, 6) is -11.2. The Morgan fingerprint density at radius 1 is 0.729 bits per heavy atom. The molecule has 0 aliphatic carbocycles. The number of hydrogen-bond donors (Lipinski definition) is 2. The van der Waals surface area contributed by atoms with Crippen molar-refractivity contribution in [2.75, 3.05) is 99.5 Å². The summed E-state index contributed by atoms with van der Waals surface area (Å²) in [6.45, 7) is 3.97. The fourth-order valence-corrected chi connectivity index (χ4v) is 3.10. The van der Waals surface area contributed by atoms with Crippen molar-refractivity contribution < 1.29 is 80.8 Å². The molecule has 3 N–H and O–H groups in total. The number of imide groups is 1. The van der Waals surface area contributed by atoms with Gasteiger partial charge in [0.2, 0.25) is 17.4 Å². The van der Waals surface area contributed by atoms with Gasteiger partial charge in [-0.3, -0.25) is 28.5 Å². The number of alkyl halides is 1. The first-order valence-electron chi connectivity index (χ1n) is 15.0. The number of nitrogens with zero attached hydrogens (tertiary/aromatic N) is 1. The molecule has 2 rings (SSSR count). The number of nitrogens with two attached hydrogens (primary N) is 1. The smallest absolute Gasteiger partial charge is 0.313 e. The van der Waals surface area contributed by atoms with Crippen molar-refractivity contribution in [2.24, 2.45) is 5.73 Å². The summed E-state index contributed by atoms with van der Waals surface area (Å²) < 4.78 is 103. The molecule has 0 saturated heterocycles. The largest absolute Gasteiger partial charge is 0.481 e. The van der Waals surface area contributed by atoms with Crippen LogP contribution in [0.15, 0.2) is 18.2 Å². The van der Waals surface area contributed by atoms with Gasteiger partial charge in [0.25, 0.3) is 11.8 Å². The molecule has 0 atom stereocenters. The maximum atomic E-state index is 13.4. The zero-order valence-electron chi connectivity index (χ0n) is 27.1. The zero-order valence-corrected chi connectivity index (χ0v) is 26.1. The third-order valence-corrected chi connectivity index (χ3v) is 5.31. The number of carboxylic acid groups (broad SMARTS) is 1. The van der Waals surface area contributed by atoms with Crippen LogP contribution in [-0.2, 0) is 47.6 Å². The molecule has 0 bridgehead atoms. The quantitative estimate of drug-likeness (QED) is 0.0395. The van der Waals surface area contributed by atoms with Gasteiger partial charge in [0, 0.05) is 24.8 Å². The van der Waals surface area contributed by atoms with Crippen LogP contribution in [0.4, 0.5) is 22.0 Å². The Kier molecular flexibility index (Phi) is 25.1. The van der Waals surface area contributed by atoms with Gasteiger partial charge in [-0.15, -0.1) is 0 Å². The van der Waals surface area contributed by atoms with Crippen LogP contribution >= 0.6 is 0 Å². The lowest BCUT2D eigenvalue weighted by Gasteiger charge is -2.13. The molecule has 274 valence electrons. The second kappa shape index (κ2) is 28.4. The average molecular weight is 706 g/mol. The number of carboxylic acids is 1. The predicted molar refractivity (Wildman–Crippen MR) is 156 cm³/mol. The van der Waals surface area contributed by atoms with Gasteiger partial charge in [-0.25, -0.2) is 8.78 Å². The number of halogens is 5. The maximum Gasteiger partial charge on any atom is 0.313 e. The molecule has 0 unspecified atom stereocenters. The van der Waals surface area contributed by atoms with E-state index in [1.807, 2.05) is 0 Å². The van der Waals surface area contributed by atoms with Crippen molar-refractivity contribution in [3.05, 3.63) is 41.5 Å². The van der Waals surface area contributed by atoms with Crippen LogP contribution in [0.2, 0.25) is 0 Å².